The first-order valence-electron chi connectivity index (χ1n) is 5.01. The Morgan fingerprint density at radius 1 is 1.36 bits per heavy atom. The molecule has 1 saturated carbocycles. The molecule has 1 aliphatic rings. The van der Waals surface area contributed by atoms with Gasteiger partial charge in [0.05, 0.1) is 6.10 Å². The van der Waals surface area contributed by atoms with Gasteiger partial charge in [0.25, 0.3) is 0 Å². The first-order valence-corrected chi connectivity index (χ1v) is 5.01. The fraction of sp³-hybridized carbons (Fsp3) is 1.00. The SMILES string of the molecule is CCCC[C@H]1CCC[C@@H](O)C1. The van der Waals surface area contributed by atoms with Gasteiger partial charge in [-0.1, -0.05) is 39.0 Å². The Labute approximate surface area is 69.8 Å². The highest BCUT2D eigenvalue weighted by Gasteiger charge is 2.18. The van der Waals surface area contributed by atoms with Crippen molar-refractivity contribution < 1.29 is 5.11 Å². The number of aliphatic hydroxyl groups is 1. The van der Waals surface area contributed by atoms with Gasteiger partial charge in [0, 0.05) is 0 Å². The van der Waals surface area contributed by atoms with Crippen LogP contribution in [-0.2, 0) is 0 Å². The minimum atomic E-state index is 0.0191. The monoisotopic (exact) mass is 156 g/mol. The maximum absolute atomic E-state index is 9.38. The van der Waals surface area contributed by atoms with E-state index in [0.29, 0.717) is 0 Å². The quantitative estimate of drug-likeness (QED) is 0.666. The second-order valence-electron chi connectivity index (χ2n) is 3.83. The summed E-state index contributed by atoms with van der Waals surface area (Å²) in [5.74, 6) is 0.832. The molecular weight excluding hydrogens is 136 g/mol. The normalized spacial score (nSPS) is 32.2. The van der Waals surface area contributed by atoms with Crippen molar-refractivity contribution in [2.75, 3.05) is 0 Å². The molecule has 0 aromatic carbocycles. The number of rotatable bonds is 3. The van der Waals surface area contributed by atoms with Crippen LogP contribution in [0.2, 0.25) is 0 Å². The average molecular weight is 156 g/mol. The summed E-state index contributed by atoms with van der Waals surface area (Å²) in [7, 11) is 0. The summed E-state index contributed by atoms with van der Waals surface area (Å²) in [5, 5.41) is 9.38. The smallest absolute Gasteiger partial charge is 0.0542 e. The van der Waals surface area contributed by atoms with Gasteiger partial charge in [0.15, 0.2) is 0 Å². The molecular formula is C10H20O. The lowest BCUT2D eigenvalue weighted by molar-refractivity contribution is 0.0975. The third-order valence-electron chi connectivity index (χ3n) is 2.72. The van der Waals surface area contributed by atoms with E-state index in [9.17, 15) is 5.11 Å². The molecule has 0 spiro atoms. The van der Waals surface area contributed by atoms with Crippen LogP contribution in [-0.4, -0.2) is 11.2 Å². The Hall–Kier alpha value is -0.0400. The maximum atomic E-state index is 9.38. The van der Waals surface area contributed by atoms with Crippen molar-refractivity contribution in [3.05, 3.63) is 0 Å². The van der Waals surface area contributed by atoms with E-state index in [0.717, 1.165) is 18.8 Å². The zero-order valence-electron chi connectivity index (χ0n) is 7.55. The van der Waals surface area contributed by atoms with Gasteiger partial charge in [-0.05, 0) is 18.8 Å². The van der Waals surface area contributed by atoms with Crippen LogP contribution < -0.4 is 0 Å². The molecule has 0 unspecified atom stereocenters. The van der Waals surface area contributed by atoms with Gasteiger partial charge < -0.3 is 5.11 Å². The molecule has 0 amide bonds. The molecule has 66 valence electrons. The summed E-state index contributed by atoms with van der Waals surface area (Å²) >= 11 is 0. The Balaban J connectivity index is 2.12. The molecule has 0 aliphatic heterocycles. The number of aliphatic hydroxyl groups excluding tert-OH is 1. The van der Waals surface area contributed by atoms with E-state index in [2.05, 4.69) is 6.92 Å². The van der Waals surface area contributed by atoms with E-state index in [-0.39, 0.29) is 6.10 Å². The summed E-state index contributed by atoms with van der Waals surface area (Å²) in [6.45, 7) is 2.24. The number of hydrogen-bond acceptors (Lipinski definition) is 1. The van der Waals surface area contributed by atoms with E-state index in [1.54, 1.807) is 0 Å². The van der Waals surface area contributed by atoms with Crippen LogP contribution >= 0.6 is 0 Å². The Morgan fingerprint density at radius 3 is 2.82 bits per heavy atom. The van der Waals surface area contributed by atoms with E-state index < -0.39 is 0 Å². The minimum Gasteiger partial charge on any atom is -0.393 e. The molecule has 0 aromatic rings. The van der Waals surface area contributed by atoms with Crippen LogP contribution in [0.5, 0.6) is 0 Å². The van der Waals surface area contributed by atoms with Crippen molar-refractivity contribution in [1.82, 2.24) is 0 Å². The highest BCUT2D eigenvalue weighted by atomic mass is 16.3. The highest BCUT2D eigenvalue weighted by molar-refractivity contribution is 4.71. The standard InChI is InChI=1S/C10H20O/c1-2-3-5-9-6-4-7-10(11)8-9/h9-11H,2-8H2,1H3/t9-,10+/m0/s1. The molecule has 1 fully saturated rings. The summed E-state index contributed by atoms with van der Waals surface area (Å²) in [6.07, 6.45) is 8.72. The lowest BCUT2D eigenvalue weighted by Gasteiger charge is -2.25. The third-order valence-corrected chi connectivity index (χ3v) is 2.72. The number of unbranched alkanes of at least 4 members (excludes halogenated alkanes) is 1. The highest BCUT2D eigenvalue weighted by Crippen LogP contribution is 2.27. The lowest BCUT2D eigenvalue weighted by Crippen LogP contribution is -2.19. The molecule has 2 atom stereocenters. The fourth-order valence-electron chi connectivity index (χ4n) is 2.02. The van der Waals surface area contributed by atoms with Gasteiger partial charge in [-0.3, -0.25) is 0 Å². The molecule has 0 aromatic heterocycles. The predicted molar refractivity (Wildman–Crippen MR) is 47.5 cm³/mol. The zero-order chi connectivity index (χ0) is 8.10. The first-order chi connectivity index (χ1) is 5.33. The molecule has 1 N–H and O–H groups in total. The van der Waals surface area contributed by atoms with Crippen molar-refractivity contribution in [3.63, 3.8) is 0 Å². The summed E-state index contributed by atoms with van der Waals surface area (Å²) < 4.78 is 0. The van der Waals surface area contributed by atoms with Crippen LogP contribution in [0, 0.1) is 5.92 Å². The van der Waals surface area contributed by atoms with E-state index in [4.69, 9.17) is 0 Å². The molecule has 0 bridgehead atoms. The molecule has 1 heteroatoms. The van der Waals surface area contributed by atoms with E-state index in [1.165, 1.54) is 32.1 Å². The van der Waals surface area contributed by atoms with Crippen molar-refractivity contribution >= 4 is 0 Å². The van der Waals surface area contributed by atoms with Gasteiger partial charge in [-0.25, -0.2) is 0 Å². The van der Waals surface area contributed by atoms with Gasteiger partial charge in [0.2, 0.25) is 0 Å². The predicted octanol–water partition coefficient (Wildman–Crippen LogP) is 2.73. The zero-order valence-corrected chi connectivity index (χ0v) is 7.55. The topological polar surface area (TPSA) is 20.2 Å². The summed E-state index contributed by atoms with van der Waals surface area (Å²) in [6, 6.07) is 0. The second-order valence-corrected chi connectivity index (χ2v) is 3.83. The van der Waals surface area contributed by atoms with Crippen molar-refractivity contribution in [1.29, 1.82) is 0 Å². The molecule has 0 heterocycles. The Kier molecular flexibility index (Phi) is 3.92. The van der Waals surface area contributed by atoms with Crippen LogP contribution in [0.15, 0.2) is 0 Å². The Morgan fingerprint density at radius 2 is 2.18 bits per heavy atom. The van der Waals surface area contributed by atoms with Gasteiger partial charge in [0.1, 0.15) is 0 Å². The molecule has 1 rings (SSSR count). The van der Waals surface area contributed by atoms with Gasteiger partial charge in [-0.15, -0.1) is 0 Å². The minimum absolute atomic E-state index is 0.0191. The van der Waals surface area contributed by atoms with Crippen molar-refractivity contribution in [2.45, 2.75) is 58.0 Å². The molecule has 0 radical (unpaired) electrons. The fourth-order valence-corrected chi connectivity index (χ4v) is 2.02. The van der Waals surface area contributed by atoms with Crippen LogP contribution in [0.25, 0.3) is 0 Å². The van der Waals surface area contributed by atoms with Crippen LogP contribution in [0.4, 0.5) is 0 Å². The summed E-state index contributed by atoms with van der Waals surface area (Å²) in [5.41, 5.74) is 0. The lowest BCUT2D eigenvalue weighted by atomic mass is 9.84. The number of hydrogen-bond donors (Lipinski definition) is 1. The molecule has 0 saturated heterocycles. The second kappa shape index (κ2) is 4.76. The van der Waals surface area contributed by atoms with Crippen LogP contribution in [0.1, 0.15) is 51.9 Å². The third kappa shape index (κ3) is 3.24. The Bertz CT molecular complexity index is 101. The maximum Gasteiger partial charge on any atom is 0.0542 e. The molecule has 1 aliphatic carbocycles. The van der Waals surface area contributed by atoms with Gasteiger partial charge in [-0.2, -0.15) is 0 Å². The van der Waals surface area contributed by atoms with Crippen molar-refractivity contribution in [2.24, 2.45) is 5.92 Å². The largest absolute Gasteiger partial charge is 0.393 e. The first kappa shape index (κ1) is 9.05. The molecule has 11 heavy (non-hydrogen) atoms. The average Bonchev–Trinajstić information content (AvgIpc) is 2.01. The van der Waals surface area contributed by atoms with E-state index >= 15 is 0 Å². The van der Waals surface area contributed by atoms with Crippen LogP contribution in [0.3, 0.4) is 0 Å². The molecule has 1 nitrogen and oxygen atoms in total. The van der Waals surface area contributed by atoms with Gasteiger partial charge >= 0.3 is 0 Å². The summed E-state index contributed by atoms with van der Waals surface area (Å²) in [4.78, 5) is 0. The van der Waals surface area contributed by atoms with E-state index in [1.807, 2.05) is 0 Å². The van der Waals surface area contributed by atoms with Crippen molar-refractivity contribution in [3.8, 4) is 0 Å².